The molecule has 0 aliphatic rings. The molecule has 2 aromatic rings. The molecule has 0 aliphatic heterocycles. The zero-order chi connectivity index (χ0) is 15.1. The predicted molar refractivity (Wildman–Crippen MR) is 84.4 cm³/mol. The molecule has 0 unspecified atom stereocenters. The van der Waals surface area contributed by atoms with Crippen LogP contribution in [0.25, 0.3) is 0 Å². The molecule has 1 N–H and O–H groups in total. The second-order valence-corrected chi connectivity index (χ2v) is 5.44. The van der Waals surface area contributed by atoms with Gasteiger partial charge < -0.3 is 10.2 Å². The van der Waals surface area contributed by atoms with E-state index in [1.165, 1.54) is 5.56 Å². The van der Waals surface area contributed by atoms with Crippen LogP contribution in [-0.2, 0) is 6.42 Å². The summed E-state index contributed by atoms with van der Waals surface area (Å²) in [5.41, 5.74) is 1.26. The van der Waals surface area contributed by atoms with Crippen molar-refractivity contribution in [3.8, 4) is 0 Å². The molecule has 2 aromatic heterocycles. The SMILES string of the molecule is CC(C)CNc1nncc(N(C)CCc2ccncc2)n1. The Bertz CT molecular complexity index is 543. The monoisotopic (exact) mass is 286 g/mol. The van der Waals surface area contributed by atoms with Gasteiger partial charge in [-0.3, -0.25) is 4.98 Å². The lowest BCUT2D eigenvalue weighted by molar-refractivity contribution is 0.682. The molecule has 21 heavy (non-hydrogen) atoms. The van der Waals surface area contributed by atoms with Gasteiger partial charge in [-0.2, -0.15) is 10.1 Å². The van der Waals surface area contributed by atoms with Crippen LogP contribution < -0.4 is 10.2 Å². The van der Waals surface area contributed by atoms with E-state index in [1.807, 2.05) is 31.6 Å². The molecular weight excluding hydrogens is 264 g/mol. The number of hydrogen-bond donors (Lipinski definition) is 1. The Hall–Kier alpha value is -2.24. The van der Waals surface area contributed by atoms with E-state index in [0.29, 0.717) is 11.9 Å². The van der Waals surface area contributed by atoms with Crippen LogP contribution in [-0.4, -0.2) is 40.3 Å². The number of rotatable bonds is 7. The first-order valence-corrected chi connectivity index (χ1v) is 7.19. The van der Waals surface area contributed by atoms with E-state index in [4.69, 9.17) is 0 Å². The van der Waals surface area contributed by atoms with Crippen molar-refractivity contribution >= 4 is 11.8 Å². The van der Waals surface area contributed by atoms with Crippen LogP contribution in [0, 0.1) is 5.92 Å². The molecule has 6 heteroatoms. The second kappa shape index (κ2) is 7.52. The summed E-state index contributed by atoms with van der Waals surface area (Å²) in [7, 11) is 2.01. The van der Waals surface area contributed by atoms with Gasteiger partial charge in [0.25, 0.3) is 0 Å². The average Bonchev–Trinajstić information content (AvgIpc) is 2.52. The highest BCUT2D eigenvalue weighted by Crippen LogP contribution is 2.10. The van der Waals surface area contributed by atoms with Crippen molar-refractivity contribution in [3.05, 3.63) is 36.3 Å². The lowest BCUT2D eigenvalue weighted by Gasteiger charge is -2.18. The van der Waals surface area contributed by atoms with E-state index in [-0.39, 0.29) is 0 Å². The maximum Gasteiger partial charge on any atom is 0.244 e. The molecule has 2 heterocycles. The maximum absolute atomic E-state index is 4.49. The van der Waals surface area contributed by atoms with Crippen LogP contribution in [0.5, 0.6) is 0 Å². The zero-order valence-corrected chi connectivity index (χ0v) is 12.8. The van der Waals surface area contributed by atoms with Crippen LogP contribution in [0.1, 0.15) is 19.4 Å². The number of nitrogens with zero attached hydrogens (tertiary/aromatic N) is 5. The first kappa shape index (κ1) is 15.2. The maximum atomic E-state index is 4.49. The van der Waals surface area contributed by atoms with E-state index in [1.54, 1.807) is 6.20 Å². The van der Waals surface area contributed by atoms with E-state index in [0.717, 1.165) is 25.3 Å². The van der Waals surface area contributed by atoms with E-state index >= 15 is 0 Å². The summed E-state index contributed by atoms with van der Waals surface area (Å²) in [6.07, 6.45) is 6.26. The standard InChI is InChI=1S/C15H22N6/c1-12(2)10-17-15-19-14(11-18-20-15)21(3)9-6-13-4-7-16-8-5-13/h4-5,7-8,11-12H,6,9-10H2,1-3H3,(H,17,19,20). The van der Waals surface area contributed by atoms with Crippen molar-refractivity contribution in [1.29, 1.82) is 0 Å². The summed E-state index contributed by atoms with van der Waals surface area (Å²) in [4.78, 5) is 10.6. The summed E-state index contributed by atoms with van der Waals surface area (Å²) in [6, 6.07) is 4.06. The van der Waals surface area contributed by atoms with Crippen LogP contribution in [0.3, 0.4) is 0 Å². The van der Waals surface area contributed by atoms with Gasteiger partial charge in [-0.1, -0.05) is 13.8 Å². The number of aromatic nitrogens is 4. The van der Waals surface area contributed by atoms with Gasteiger partial charge in [0.2, 0.25) is 5.95 Å². The minimum atomic E-state index is 0.543. The van der Waals surface area contributed by atoms with Gasteiger partial charge >= 0.3 is 0 Å². The Morgan fingerprint density at radius 2 is 2.00 bits per heavy atom. The van der Waals surface area contributed by atoms with Crippen molar-refractivity contribution in [3.63, 3.8) is 0 Å². The Kier molecular flexibility index (Phi) is 5.43. The molecule has 0 atom stereocenters. The van der Waals surface area contributed by atoms with Crippen LogP contribution in [0.15, 0.2) is 30.7 Å². The summed E-state index contributed by atoms with van der Waals surface area (Å²) in [5.74, 6) is 1.95. The summed E-state index contributed by atoms with van der Waals surface area (Å²) in [5, 5.41) is 11.2. The van der Waals surface area contributed by atoms with E-state index in [2.05, 4.69) is 44.2 Å². The number of likely N-dealkylation sites (N-methyl/N-ethyl adjacent to an activating group) is 1. The zero-order valence-electron chi connectivity index (χ0n) is 12.8. The quantitative estimate of drug-likeness (QED) is 0.840. The van der Waals surface area contributed by atoms with Crippen molar-refractivity contribution in [2.24, 2.45) is 5.92 Å². The Balaban J connectivity index is 1.92. The highest BCUT2D eigenvalue weighted by molar-refractivity contribution is 5.39. The molecule has 0 amide bonds. The lowest BCUT2D eigenvalue weighted by Crippen LogP contribution is -2.22. The Morgan fingerprint density at radius 3 is 2.71 bits per heavy atom. The molecule has 0 aromatic carbocycles. The Morgan fingerprint density at radius 1 is 1.24 bits per heavy atom. The molecule has 0 spiro atoms. The smallest absolute Gasteiger partial charge is 0.244 e. The molecule has 0 aliphatic carbocycles. The number of pyridine rings is 1. The number of hydrogen-bond acceptors (Lipinski definition) is 6. The third-order valence-electron chi connectivity index (χ3n) is 3.09. The van der Waals surface area contributed by atoms with Crippen molar-refractivity contribution in [2.75, 3.05) is 30.4 Å². The van der Waals surface area contributed by atoms with Crippen molar-refractivity contribution in [1.82, 2.24) is 20.2 Å². The van der Waals surface area contributed by atoms with Crippen LogP contribution in [0.2, 0.25) is 0 Å². The molecule has 0 bridgehead atoms. The lowest BCUT2D eigenvalue weighted by atomic mass is 10.2. The van der Waals surface area contributed by atoms with E-state index < -0.39 is 0 Å². The normalized spacial score (nSPS) is 10.7. The number of nitrogens with one attached hydrogen (secondary N) is 1. The minimum Gasteiger partial charge on any atom is -0.358 e. The molecule has 2 rings (SSSR count). The molecule has 0 fully saturated rings. The Labute approximate surface area is 125 Å². The van der Waals surface area contributed by atoms with Crippen LogP contribution in [0.4, 0.5) is 11.8 Å². The fraction of sp³-hybridized carbons (Fsp3) is 0.467. The summed E-state index contributed by atoms with van der Waals surface area (Å²) in [6.45, 7) is 5.99. The first-order valence-electron chi connectivity index (χ1n) is 7.19. The van der Waals surface area contributed by atoms with Gasteiger partial charge in [0, 0.05) is 32.5 Å². The van der Waals surface area contributed by atoms with E-state index in [9.17, 15) is 0 Å². The fourth-order valence-corrected chi connectivity index (χ4v) is 1.81. The number of anilines is 2. The van der Waals surface area contributed by atoms with Gasteiger partial charge in [0.1, 0.15) is 0 Å². The fourth-order valence-electron chi connectivity index (χ4n) is 1.81. The molecule has 112 valence electrons. The topological polar surface area (TPSA) is 66.8 Å². The molecule has 6 nitrogen and oxygen atoms in total. The molecular formula is C15H22N6. The van der Waals surface area contributed by atoms with Gasteiger partial charge in [-0.25, -0.2) is 0 Å². The van der Waals surface area contributed by atoms with Crippen molar-refractivity contribution in [2.45, 2.75) is 20.3 Å². The third kappa shape index (κ3) is 4.98. The molecule has 0 saturated carbocycles. The van der Waals surface area contributed by atoms with Gasteiger partial charge in [0.05, 0.1) is 6.20 Å². The molecule has 0 radical (unpaired) electrons. The van der Waals surface area contributed by atoms with Crippen LogP contribution >= 0.6 is 0 Å². The molecule has 0 saturated heterocycles. The van der Waals surface area contributed by atoms with Crippen molar-refractivity contribution < 1.29 is 0 Å². The minimum absolute atomic E-state index is 0.543. The van der Waals surface area contributed by atoms with Gasteiger partial charge in [-0.05, 0) is 30.0 Å². The first-order chi connectivity index (χ1) is 10.1. The predicted octanol–water partition coefficient (Wildman–Crippen LogP) is 2.01. The average molecular weight is 286 g/mol. The highest BCUT2D eigenvalue weighted by atomic mass is 15.3. The highest BCUT2D eigenvalue weighted by Gasteiger charge is 2.06. The largest absolute Gasteiger partial charge is 0.358 e. The van der Waals surface area contributed by atoms with Gasteiger partial charge in [0.15, 0.2) is 5.82 Å². The summed E-state index contributed by atoms with van der Waals surface area (Å²) >= 11 is 0. The summed E-state index contributed by atoms with van der Waals surface area (Å²) < 4.78 is 0. The second-order valence-electron chi connectivity index (χ2n) is 5.44. The third-order valence-corrected chi connectivity index (χ3v) is 3.09. The van der Waals surface area contributed by atoms with Gasteiger partial charge in [-0.15, -0.1) is 5.10 Å².